The Balaban J connectivity index is 4.19. The summed E-state index contributed by atoms with van der Waals surface area (Å²) in [4.78, 5) is 21.5. The summed E-state index contributed by atoms with van der Waals surface area (Å²) < 4.78 is 0. The Morgan fingerprint density at radius 3 is 2.25 bits per heavy atom. The van der Waals surface area contributed by atoms with Crippen LogP contribution in [0.25, 0.3) is 0 Å². The number of aldehydes is 1. The first-order valence-electron chi connectivity index (χ1n) is 4.16. The Hall–Kier alpha value is -0.860. The van der Waals surface area contributed by atoms with Crippen LogP contribution in [0.2, 0.25) is 0 Å². The van der Waals surface area contributed by atoms with Crippen molar-refractivity contribution in [2.75, 3.05) is 0 Å². The summed E-state index contributed by atoms with van der Waals surface area (Å²) in [5.41, 5.74) is -0.202. The van der Waals surface area contributed by atoms with Gasteiger partial charge in [0.1, 0.15) is 6.29 Å². The second kappa shape index (κ2) is 4.24. The van der Waals surface area contributed by atoms with Gasteiger partial charge in [-0.1, -0.05) is 27.7 Å². The van der Waals surface area contributed by atoms with Crippen molar-refractivity contribution in [2.24, 2.45) is 5.41 Å². The van der Waals surface area contributed by atoms with Crippen molar-refractivity contribution in [3.05, 3.63) is 0 Å². The van der Waals surface area contributed by atoms with Crippen LogP contribution in [0, 0.1) is 5.41 Å². The zero-order chi connectivity index (χ0) is 9.78. The van der Waals surface area contributed by atoms with Crippen molar-refractivity contribution >= 4 is 12.2 Å². The lowest BCUT2D eigenvalue weighted by atomic mass is 9.87. The van der Waals surface area contributed by atoms with Crippen molar-refractivity contribution < 1.29 is 9.59 Å². The lowest BCUT2D eigenvalue weighted by Gasteiger charge is -2.26. The van der Waals surface area contributed by atoms with Gasteiger partial charge in [0, 0.05) is 6.42 Å². The van der Waals surface area contributed by atoms with E-state index >= 15 is 0 Å². The molecule has 1 unspecified atom stereocenters. The van der Waals surface area contributed by atoms with Crippen LogP contribution in [-0.2, 0) is 9.59 Å². The van der Waals surface area contributed by atoms with Gasteiger partial charge in [-0.05, 0) is 5.41 Å². The van der Waals surface area contributed by atoms with Gasteiger partial charge in [-0.2, -0.15) is 0 Å². The number of carbonyl (C=O) groups is 2. The van der Waals surface area contributed by atoms with Gasteiger partial charge in [0.25, 0.3) is 0 Å². The molecule has 0 heterocycles. The molecule has 1 amide bonds. The normalized spacial score (nSPS) is 13.7. The van der Waals surface area contributed by atoms with E-state index in [-0.39, 0.29) is 17.4 Å². The molecule has 0 aliphatic carbocycles. The van der Waals surface area contributed by atoms with Crippen LogP contribution in [0.3, 0.4) is 0 Å². The SMILES string of the molecule is CCC(=O)NC(C=O)C(C)(C)C. The average Bonchev–Trinajstić information content (AvgIpc) is 1.97. The molecule has 0 bridgehead atoms. The summed E-state index contributed by atoms with van der Waals surface area (Å²) in [7, 11) is 0. The van der Waals surface area contributed by atoms with E-state index in [0.717, 1.165) is 6.29 Å². The summed E-state index contributed by atoms with van der Waals surface area (Å²) >= 11 is 0. The first kappa shape index (κ1) is 11.1. The minimum atomic E-state index is -0.384. The molecule has 0 saturated heterocycles. The number of carbonyl (C=O) groups excluding carboxylic acids is 2. The predicted molar refractivity (Wildman–Crippen MR) is 47.7 cm³/mol. The van der Waals surface area contributed by atoms with Gasteiger partial charge in [-0.3, -0.25) is 4.79 Å². The third-order valence-electron chi connectivity index (χ3n) is 1.71. The van der Waals surface area contributed by atoms with Gasteiger partial charge in [0.2, 0.25) is 5.91 Å². The zero-order valence-corrected chi connectivity index (χ0v) is 8.18. The van der Waals surface area contributed by atoms with Crippen LogP contribution in [-0.4, -0.2) is 18.2 Å². The third-order valence-corrected chi connectivity index (χ3v) is 1.71. The van der Waals surface area contributed by atoms with Gasteiger partial charge in [-0.25, -0.2) is 0 Å². The molecule has 3 nitrogen and oxygen atoms in total. The molecule has 0 aromatic rings. The van der Waals surface area contributed by atoms with Crippen LogP contribution >= 0.6 is 0 Å². The first-order chi connectivity index (χ1) is 5.41. The molecule has 12 heavy (non-hydrogen) atoms. The summed E-state index contributed by atoms with van der Waals surface area (Å²) in [6.45, 7) is 7.52. The molecule has 1 atom stereocenters. The Bertz CT molecular complexity index is 170. The van der Waals surface area contributed by atoms with E-state index in [1.165, 1.54) is 0 Å². The highest BCUT2D eigenvalue weighted by Crippen LogP contribution is 2.17. The standard InChI is InChI=1S/C9H17NO2/c1-5-8(12)10-7(6-11)9(2,3)4/h6-7H,5H2,1-4H3,(H,10,12). The van der Waals surface area contributed by atoms with Crippen LogP contribution < -0.4 is 5.32 Å². The molecular formula is C9H17NO2. The van der Waals surface area contributed by atoms with Crippen LogP contribution in [0.1, 0.15) is 34.1 Å². The molecule has 0 aliphatic heterocycles. The van der Waals surface area contributed by atoms with Crippen molar-refractivity contribution in [3.8, 4) is 0 Å². The molecule has 0 radical (unpaired) electrons. The second-order valence-corrected chi connectivity index (χ2v) is 3.90. The maximum absolute atomic E-state index is 11.0. The topological polar surface area (TPSA) is 46.2 Å². The molecule has 1 N–H and O–H groups in total. The highest BCUT2D eigenvalue weighted by Gasteiger charge is 2.24. The van der Waals surface area contributed by atoms with Crippen LogP contribution in [0.15, 0.2) is 0 Å². The van der Waals surface area contributed by atoms with E-state index in [9.17, 15) is 9.59 Å². The summed E-state index contributed by atoms with van der Waals surface area (Å²) in [6, 6.07) is -0.384. The lowest BCUT2D eigenvalue weighted by Crippen LogP contribution is -2.44. The molecule has 0 aliphatic rings. The van der Waals surface area contributed by atoms with Gasteiger partial charge >= 0.3 is 0 Å². The van der Waals surface area contributed by atoms with Crippen molar-refractivity contribution in [3.63, 3.8) is 0 Å². The van der Waals surface area contributed by atoms with Gasteiger partial charge in [0.15, 0.2) is 0 Å². The maximum atomic E-state index is 11.0. The van der Waals surface area contributed by atoms with E-state index < -0.39 is 0 Å². The van der Waals surface area contributed by atoms with Crippen LogP contribution in [0.5, 0.6) is 0 Å². The van der Waals surface area contributed by atoms with E-state index in [2.05, 4.69) is 5.32 Å². The molecule has 0 rings (SSSR count). The molecule has 70 valence electrons. The van der Waals surface area contributed by atoms with E-state index in [4.69, 9.17) is 0 Å². The molecule has 0 spiro atoms. The monoisotopic (exact) mass is 171 g/mol. The molecular weight excluding hydrogens is 154 g/mol. The summed E-state index contributed by atoms with van der Waals surface area (Å²) in [5.74, 6) is -0.0815. The molecule has 0 aromatic heterocycles. The molecule has 0 saturated carbocycles. The molecule has 0 aromatic carbocycles. The summed E-state index contributed by atoms with van der Waals surface area (Å²) in [6.07, 6.45) is 1.20. The van der Waals surface area contributed by atoms with E-state index in [0.29, 0.717) is 6.42 Å². The minimum Gasteiger partial charge on any atom is -0.346 e. The Labute approximate surface area is 73.5 Å². The van der Waals surface area contributed by atoms with Crippen molar-refractivity contribution in [1.82, 2.24) is 5.32 Å². The van der Waals surface area contributed by atoms with E-state index in [1.54, 1.807) is 6.92 Å². The number of hydrogen-bond donors (Lipinski definition) is 1. The zero-order valence-electron chi connectivity index (χ0n) is 8.18. The average molecular weight is 171 g/mol. The fraction of sp³-hybridized carbons (Fsp3) is 0.778. The fourth-order valence-corrected chi connectivity index (χ4v) is 0.730. The highest BCUT2D eigenvalue weighted by molar-refractivity contribution is 5.79. The van der Waals surface area contributed by atoms with E-state index in [1.807, 2.05) is 20.8 Å². The van der Waals surface area contributed by atoms with Crippen molar-refractivity contribution in [2.45, 2.75) is 40.2 Å². The predicted octanol–water partition coefficient (Wildman–Crippen LogP) is 1.13. The van der Waals surface area contributed by atoms with Gasteiger partial charge < -0.3 is 10.1 Å². The fourth-order valence-electron chi connectivity index (χ4n) is 0.730. The number of nitrogens with one attached hydrogen (secondary N) is 1. The Morgan fingerprint density at radius 2 is 2.00 bits per heavy atom. The highest BCUT2D eigenvalue weighted by atomic mass is 16.2. The van der Waals surface area contributed by atoms with Gasteiger partial charge in [0.05, 0.1) is 6.04 Å². The third kappa shape index (κ3) is 3.51. The van der Waals surface area contributed by atoms with Crippen molar-refractivity contribution in [1.29, 1.82) is 0 Å². The maximum Gasteiger partial charge on any atom is 0.220 e. The largest absolute Gasteiger partial charge is 0.346 e. The quantitative estimate of drug-likeness (QED) is 0.647. The van der Waals surface area contributed by atoms with Gasteiger partial charge in [-0.15, -0.1) is 0 Å². The lowest BCUT2D eigenvalue weighted by molar-refractivity contribution is -0.125. The molecule has 0 fully saturated rings. The second-order valence-electron chi connectivity index (χ2n) is 3.90. The number of hydrogen-bond acceptors (Lipinski definition) is 2. The smallest absolute Gasteiger partial charge is 0.220 e. The minimum absolute atomic E-state index is 0.0815. The van der Waals surface area contributed by atoms with Crippen LogP contribution in [0.4, 0.5) is 0 Å². The first-order valence-corrected chi connectivity index (χ1v) is 4.16. The number of rotatable bonds is 3. The Kier molecular flexibility index (Phi) is 3.93. The Morgan fingerprint density at radius 1 is 1.50 bits per heavy atom. The molecule has 3 heteroatoms. The summed E-state index contributed by atoms with van der Waals surface area (Å²) in [5, 5.41) is 2.65. The number of amides is 1.